The van der Waals surface area contributed by atoms with Crippen molar-refractivity contribution in [3.05, 3.63) is 88.1 Å². The average Bonchev–Trinajstić information content (AvgIpc) is 3.18. The highest BCUT2D eigenvalue weighted by atomic mass is 19.1. The first kappa shape index (κ1) is 17.8. The van der Waals surface area contributed by atoms with Gasteiger partial charge in [-0.2, -0.15) is 4.39 Å². The van der Waals surface area contributed by atoms with Gasteiger partial charge in [0, 0.05) is 23.0 Å². The second-order valence-electron chi connectivity index (χ2n) is 5.39. The van der Waals surface area contributed by atoms with Crippen LogP contribution in [0.25, 0.3) is 0 Å². The van der Waals surface area contributed by atoms with E-state index in [4.69, 9.17) is 4.42 Å². The number of furan rings is 1. The Morgan fingerprint density at radius 3 is 2.26 bits per heavy atom. The van der Waals surface area contributed by atoms with Crippen LogP contribution in [0.1, 0.15) is 20.9 Å². The zero-order valence-electron chi connectivity index (χ0n) is 13.6. The number of rotatable bonds is 5. The molecule has 1 aromatic heterocycles. The Morgan fingerprint density at radius 1 is 0.963 bits per heavy atom. The van der Waals surface area contributed by atoms with Crippen LogP contribution in [-0.4, -0.2) is 16.7 Å². The summed E-state index contributed by atoms with van der Waals surface area (Å²) in [4.78, 5) is 34.0. The van der Waals surface area contributed by atoms with Gasteiger partial charge < -0.3 is 15.1 Å². The van der Waals surface area contributed by atoms with Crippen molar-refractivity contribution in [2.45, 2.75) is 0 Å². The molecule has 0 aliphatic rings. The molecule has 9 heteroatoms. The largest absolute Gasteiger partial charge is 0.459 e. The van der Waals surface area contributed by atoms with Gasteiger partial charge in [0.05, 0.1) is 11.2 Å². The lowest BCUT2D eigenvalue weighted by atomic mass is 10.2. The molecule has 0 unspecified atom stereocenters. The van der Waals surface area contributed by atoms with Crippen LogP contribution < -0.4 is 10.6 Å². The first-order valence-electron chi connectivity index (χ1n) is 7.64. The smallest absolute Gasteiger partial charge is 0.306 e. The topological polar surface area (TPSA) is 114 Å². The quantitative estimate of drug-likeness (QED) is 0.524. The van der Waals surface area contributed by atoms with Crippen molar-refractivity contribution >= 4 is 28.9 Å². The Kier molecular flexibility index (Phi) is 4.93. The highest BCUT2D eigenvalue weighted by Crippen LogP contribution is 2.22. The zero-order chi connectivity index (χ0) is 19.4. The normalized spacial score (nSPS) is 10.3. The SMILES string of the molecule is O=C(Nc1ccc(F)c([N+](=O)[O-])c1)c1ccc(NC(=O)c2ccco2)cc1. The number of benzene rings is 2. The number of hydrogen-bond acceptors (Lipinski definition) is 5. The molecule has 0 aliphatic carbocycles. The van der Waals surface area contributed by atoms with Gasteiger partial charge in [-0.1, -0.05) is 0 Å². The Hall–Kier alpha value is -4.01. The van der Waals surface area contributed by atoms with Gasteiger partial charge in [0.15, 0.2) is 5.76 Å². The van der Waals surface area contributed by atoms with Crippen molar-refractivity contribution < 1.29 is 23.3 Å². The maximum Gasteiger partial charge on any atom is 0.306 e. The van der Waals surface area contributed by atoms with Crippen LogP contribution in [0.4, 0.5) is 21.5 Å². The molecule has 136 valence electrons. The molecule has 0 saturated heterocycles. The van der Waals surface area contributed by atoms with Crippen LogP contribution in [0.3, 0.4) is 0 Å². The molecule has 0 atom stereocenters. The molecule has 0 bridgehead atoms. The van der Waals surface area contributed by atoms with Crippen molar-refractivity contribution in [3.63, 3.8) is 0 Å². The third kappa shape index (κ3) is 4.15. The summed E-state index contributed by atoms with van der Waals surface area (Å²) in [5.41, 5.74) is 0.0513. The predicted octanol–water partition coefficient (Wildman–Crippen LogP) is 3.83. The van der Waals surface area contributed by atoms with Crippen LogP contribution in [-0.2, 0) is 0 Å². The fourth-order valence-corrected chi connectivity index (χ4v) is 2.24. The lowest BCUT2D eigenvalue weighted by Gasteiger charge is -2.07. The number of anilines is 2. The summed E-state index contributed by atoms with van der Waals surface area (Å²) in [5.74, 6) is -1.82. The van der Waals surface area contributed by atoms with E-state index in [0.29, 0.717) is 5.69 Å². The number of amides is 2. The fraction of sp³-hybridized carbons (Fsp3) is 0. The summed E-state index contributed by atoms with van der Waals surface area (Å²) < 4.78 is 18.3. The number of nitrogens with one attached hydrogen (secondary N) is 2. The summed E-state index contributed by atoms with van der Waals surface area (Å²) in [5, 5.41) is 15.8. The van der Waals surface area contributed by atoms with Crippen molar-refractivity contribution in [1.82, 2.24) is 0 Å². The summed E-state index contributed by atoms with van der Waals surface area (Å²) in [6.45, 7) is 0. The van der Waals surface area contributed by atoms with Gasteiger partial charge in [0.2, 0.25) is 5.82 Å². The first-order chi connectivity index (χ1) is 12.9. The van der Waals surface area contributed by atoms with Gasteiger partial charge in [-0.3, -0.25) is 19.7 Å². The monoisotopic (exact) mass is 369 g/mol. The van der Waals surface area contributed by atoms with Crippen molar-refractivity contribution in [1.29, 1.82) is 0 Å². The molecular formula is C18H12FN3O5. The van der Waals surface area contributed by atoms with Gasteiger partial charge in [0.25, 0.3) is 11.8 Å². The average molecular weight is 369 g/mol. The standard InChI is InChI=1S/C18H12FN3O5/c19-14-8-7-13(10-15(14)22(25)26)21-17(23)11-3-5-12(6-4-11)20-18(24)16-2-1-9-27-16/h1-10H,(H,20,24)(H,21,23). The minimum Gasteiger partial charge on any atom is -0.459 e. The van der Waals surface area contributed by atoms with Gasteiger partial charge in [0.1, 0.15) is 0 Å². The molecule has 1 heterocycles. The lowest BCUT2D eigenvalue weighted by molar-refractivity contribution is -0.387. The highest BCUT2D eigenvalue weighted by Gasteiger charge is 2.16. The second-order valence-corrected chi connectivity index (χ2v) is 5.39. The van der Waals surface area contributed by atoms with Crippen LogP contribution in [0.2, 0.25) is 0 Å². The van der Waals surface area contributed by atoms with E-state index in [1.807, 2.05) is 0 Å². The molecule has 0 saturated carbocycles. The molecule has 3 rings (SSSR count). The molecule has 0 aliphatic heterocycles. The Labute approximate surface area is 151 Å². The Morgan fingerprint density at radius 2 is 1.63 bits per heavy atom. The third-order valence-corrected chi connectivity index (χ3v) is 3.55. The molecule has 2 aromatic carbocycles. The highest BCUT2D eigenvalue weighted by molar-refractivity contribution is 6.05. The molecule has 0 fully saturated rings. The summed E-state index contributed by atoms with van der Waals surface area (Å²) in [7, 11) is 0. The Bertz CT molecular complexity index is 1000. The molecule has 0 radical (unpaired) electrons. The lowest BCUT2D eigenvalue weighted by Crippen LogP contribution is -2.13. The van der Waals surface area contributed by atoms with E-state index >= 15 is 0 Å². The number of nitro groups is 1. The van der Waals surface area contributed by atoms with Gasteiger partial charge in [-0.15, -0.1) is 0 Å². The number of carbonyl (C=O) groups is 2. The molecule has 2 N–H and O–H groups in total. The van der Waals surface area contributed by atoms with Gasteiger partial charge in [-0.25, -0.2) is 0 Å². The van der Waals surface area contributed by atoms with E-state index in [-0.39, 0.29) is 17.0 Å². The first-order valence-corrected chi connectivity index (χ1v) is 7.64. The molecule has 3 aromatic rings. The van der Waals surface area contributed by atoms with Crippen molar-refractivity contribution in [2.24, 2.45) is 0 Å². The molecular weight excluding hydrogens is 357 g/mol. The van der Waals surface area contributed by atoms with E-state index in [1.165, 1.54) is 42.7 Å². The fourth-order valence-electron chi connectivity index (χ4n) is 2.24. The van der Waals surface area contributed by atoms with Crippen LogP contribution in [0.15, 0.2) is 65.3 Å². The number of nitrogens with zero attached hydrogens (tertiary/aromatic N) is 1. The Balaban J connectivity index is 1.68. The van der Waals surface area contributed by atoms with Crippen molar-refractivity contribution in [2.75, 3.05) is 10.6 Å². The molecule has 2 amide bonds. The van der Waals surface area contributed by atoms with E-state index in [0.717, 1.165) is 12.1 Å². The molecule has 8 nitrogen and oxygen atoms in total. The molecule has 27 heavy (non-hydrogen) atoms. The second kappa shape index (κ2) is 7.48. The van der Waals surface area contributed by atoms with Gasteiger partial charge in [-0.05, 0) is 48.5 Å². The summed E-state index contributed by atoms with van der Waals surface area (Å²) in [6.07, 6.45) is 1.38. The predicted molar refractivity (Wildman–Crippen MR) is 94.1 cm³/mol. The van der Waals surface area contributed by atoms with Crippen LogP contribution >= 0.6 is 0 Å². The number of halogens is 1. The number of carbonyl (C=O) groups excluding carboxylic acids is 2. The van der Waals surface area contributed by atoms with E-state index in [1.54, 1.807) is 6.07 Å². The van der Waals surface area contributed by atoms with Crippen LogP contribution in [0.5, 0.6) is 0 Å². The zero-order valence-corrected chi connectivity index (χ0v) is 13.6. The maximum atomic E-state index is 13.3. The maximum absolute atomic E-state index is 13.3. The van der Waals surface area contributed by atoms with Crippen LogP contribution in [0, 0.1) is 15.9 Å². The van der Waals surface area contributed by atoms with Crippen molar-refractivity contribution in [3.8, 4) is 0 Å². The minimum absolute atomic E-state index is 0.0864. The third-order valence-electron chi connectivity index (χ3n) is 3.55. The number of nitro benzene ring substituents is 1. The summed E-state index contributed by atoms with van der Waals surface area (Å²) in [6, 6.07) is 12.1. The number of hydrogen-bond donors (Lipinski definition) is 2. The summed E-state index contributed by atoms with van der Waals surface area (Å²) >= 11 is 0. The van der Waals surface area contributed by atoms with E-state index < -0.39 is 28.2 Å². The van der Waals surface area contributed by atoms with E-state index in [9.17, 15) is 24.1 Å². The molecule has 0 spiro atoms. The minimum atomic E-state index is -0.991. The van der Waals surface area contributed by atoms with Gasteiger partial charge >= 0.3 is 5.69 Å². The van der Waals surface area contributed by atoms with E-state index in [2.05, 4.69) is 10.6 Å².